The molecule has 1 aromatic rings. The molecule has 0 spiro atoms. The molecule has 3 rings (SSSR count). The van der Waals surface area contributed by atoms with Crippen LogP contribution in [-0.2, 0) is 9.84 Å². The van der Waals surface area contributed by atoms with Crippen molar-refractivity contribution in [3.63, 3.8) is 0 Å². The summed E-state index contributed by atoms with van der Waals surface area (Å²) in [5.41, 5.74) is 1.19. The Morgan fingerprint density at radius 3 is 2.58 bits per heavy atom. The van der Waals surface area contributed by atoms with Gasteiger partial charge >= 0.3 is 0 Å². The molecule has 132 valence electrons. The third-order valence-electron chi connectivity index (χ3n) is 4.69. The number of piperazine rings is 1. The molecule has 1 unspecified atom stereocenters. The summed E-state index contributed by atoms with van der Waals surface area (Å²) in [7, 11) is -2.91. The normalized spacial score (nSPS) is 24.0. The molecule has 2 fully saturated rings. The van der Waals surface area contributed by atoms with Gasteiger partial charge in [0.2, 0.25) is 0 Å². The van der Waals surface area contributed by atoms with Gasteiger partial charge in [0.05, 0.1) is 23.4 Å². The fourth-order valence-corrected chi connectivity index (χ4v) is 4.85. The highest BCUT2D eigenvalue weighted by Crippen LogP contribution is 2.17. The fraction of sp³-hybridized carbons (Fsp3) is 0.625. The monoisotopic (exact) mass is 352 g/mol. The molecule has 8 heteroatoms. The summed E-state index contributed by atoms with van der Waals surface area (Å²) >= 11 is 0. The molecule has 7 nitrogen and oxygen atoms in total. The minimum Gasteiger partial charge on any atom is -0.380 e. The van der Waals surface area contributed by atoms with Crippen LogP contribution in [0.15, 0.2) is 18.3 Å². The van der Waals surface area contributed by atoms with Crippen molar-refractivity contribution < 1.29 is 13.2 Å². The van der Waals surface area contributed by atoms with Crippen molar-refractivity contribution in [1.82, 2.24) is 14.8 Å². The average Bonchev–Trinajstić information content (AvgIpc) is 2.93. The van der Waals surface area contributed by atoms with E-state index in [1.165, 1.54) is 0 Å². The first kappa shape index (κ1) is 17.2. The summed E-state index contributed by atoms with van der Waals surface area (Å²) in [4.78, 5) is 20.9. The van der Waals surface area contributed by atoms with Gasteiger partial charge < -0.3 is 15.1 Å². The van der Waals surface area contributed by atoms with Crippen molar-refractivity contribution in [2.45, 2.75) is 19.4 Å². The first-order chi connectivity index (χ1) is 11.5. The zero-order valence-electron chi connectivity index (χ0n) is 13.9. The zero-order valence-corrected chi connectivity index (χ0v) is 14.8. The van der Waals surface area contributed by atoms with Crippen LogP contribution in [0.1, 0.15) is 23.8 Å². The molecule has 24 heavy (non-hydrogen) atoms. The smallest absolute Gasteiger partial charge is 0.272 e. The zero-order chi connectivity index (χ0) is 17.2. The second kappa shape index (κ2) is 7.06. The molecular weight excluding hydrogens is 328 g/mol. The van der Waals surface area contributed by atoms with E-state index in [1.807, 2.05) is 4.90 Å². The van der Waals surface area contributed by atoms with Crippen molar-refractivity contribution in [1.29, 1.82) is 0 Å². The van der Waals surface area contributed by atoms with Crippen molar-refractivity contribution in [2.24, 2.45) is 0 Å². The van der Waals surface area contributed by atoms with Crippen LogP contribution in [0, 0.1) is 0 Å². The lowest BCUT2D eigenvalue weighted by Crippen LogP contribution is -2.48. The van der Waals surface area contributed by atoms with Crippen LogP contribution in [-0.4, -0.2) is 79.4 Å². The number of sulfone groups is 1. The summed E-state index contributed by atoms with van der Waals surface area (Å²) < 4.78 is 23.0. The van der Waals surface area contributed by atoms with Crippen LogP contribution in [0.3, 0.4) is 0 Å². The number of nitrogens with zero attached hydrogens (tertiary/aromatic N) is 3. The number of carbonyl (C=O) groups is 1. The summed E-state index contributed by atoms with van der Waals surface area (Å²) in [5.74, 6) is 0.356. The van der Waals surface area contributed by atoms with Crippen LogP contribution in [0.2, 0.25) is 0 Å². The number of pyridine rings is 1. The molecular formula is C16H24N4O3S. The third-order valence-corrected chi connectivity index (χ3v) is 6.46. The van der Waals surface area contributed by atoms with E-state index in [9.17, 15) is 13.2 Å². The molecule has 1 amide bonds. The van der Waals surface area contributed by atoms with Crippen LogP contribution in [0.25, 0.3) is 0 Å². The molecule has 1 atom stereocenters. The number of rotatable bonds is 4. The van der Waals surface area contributed by atoms with E-state index >= 15 is 0 Å². The molecule has 3 heterocycles. The first-order valence-electron chi connectivity index (χ1n) is 8.41. The van der Waals surface area contributed by atoms with Crippen molar-refractivity contribution in [2.75, 3.05) is 49.5 Å². The van der Waals surface area contributed by atoms with E-state index < -0.39 is 9.84 Å². The standard InChI is InChI=1S/C16H24N4O3S/c1-2-19-6-8-20(9-7-19)16(21)15-4-3-13(11-17-15)18-14-5-10-24(22,23)12-14/h3-4,11,14,18H,2,5-10,12H2,1H3. The molecule has 0 bridgehead atoms. The largest absolute Gasteiger partial charge is 0.380 e. The Kier molecular flexibility index (Phi) is 5.05. The predicted octanol–water partition coefficient (Wildman–Crippen LogP) is 0.458. The van der Waals surface area contributed by atoms with Gasteiger partial charge in [0.25, 0.3) is 5.91 Å². The van der Waals surface area contributed by atoms with Gasteiger partial charge in [-0.15, -0.1) is 0 Å². The van der Waals surface area contributed by atoms with Gasteiger partial charge in [0.1, 0.15) is 5.69 Å². The summed E-state index contributed by atoms with van der Waals surface area (Å²) in [6.45, 7) is 6.40. The average molecular weight is 352 g/mol. The van der Waals surface area contributed by atoms with Crippen LogP contribution < -0.4 is 5.32 Å². The van der Waals surface area contributed by atoms with Gasteiger partial charge in [-0.3, -0.25) is 4.79 Å². The van der Waals surface area contributed by atoms with Gasteiger partial charge in [0, 0.05) is 32.2 Å². The van der Waals surface area contributed by atoms with E-state index in [0.717, 1.165) is 38.4 Å². The van der Waals surface area contributed by atoms with Gasteiger partial charge in [-0.05, 0) is 25.1 Å². The third kappa shape index (κ3) is 4.05. The van der Waals surface area contributed by atoms with Crippen LogP contribution in [0.5, 0.6) is 0 Å². The van der Waals surface area contributed by atoms with Crippen LogP contribution >= 0.6 is 0 Å². The minimum absolute atomic E-state index is 0.0410. The number of hydrogen-bond acceptors (Lipinski definition) is 6. The molecule has 0 radical (unpaired) electrons. The quantitative estimate of drug-likeness (QED) is 0.848. The van der Waals surface area contributed by atoms with Crippen LogP contribution in [0.4, 0.5) is 5.69 Å². The van der Waals surface area contributed by atoms with Crippen molar-refractivity contribution >= 4 is 21.4 Å². The summed E-state index contributed by atoms with van der Waals surface area (Å²) in [6.07, 6.45) is 2.23. The lowest BCUT2D eigenvalue weighted by atomic mass is 10.2. The van der Waals surface area contributed by atoms with Crippen molar-refractivity contribution in [3.05, 3.63) is 24.0 Å². The SMILES string of the molecule is CCN1CCN(C(=O)c2ccc(NC3CCS(=O)(=O)C3)cn2)CC1. The van der Waals surface area contributed by atoms with Crippen molar-refractivity contribution in [3.8, 4) is 0 Å². The summed E-state index contributed by atoms with van der Waals surface area (Å²) in [6, 6.07) is 3.44. The topological polar surface area (TPSA) is 82.6 Å². The Morgan fingerprint density at radius 2 is 2.04 bits per heavy atom. The lowest BCUT2D eigenvalue weighted by Gasteiger charge is -2.33. The highest BCUT2D eigenvalue weighted by molar-refractivity contribution is 7.91. The lowest BCUT2D eigenvalue weighted by molar-refractivity contribution is 0.0637. The Bertz CT molecular complexity index is 682. The first-order valence-corrected chi connectivity index (χ1v) is 10.2. The Hall–Kier alpha value is -1.67. The molecule has 1 N–H and O–H groups in total. The van der Waals surface area contributed by atoms with E-state index in [2.05, 4.69) is 22.1 Å². The number of hydrogen-bond donors (Lipinski definition) is 1. The number of nitrogens with one attached hydrogen (secondary N) is 1. The molecule has 2 aliphatic rings. The number of carbonyl (C=O) groups excluding carboxylic acids is 1. The van der Waals surface area contributed by atoms with Gasteiger partial charge in [-0.1, -0.05) is 6.92 Å². The number of anilines is 1. The second-order valence-electron chi connectivity index (χ2n) is 6.40. The Morgan fingerprint density at radius 1 is 1.29 bits per heavy atom. The second-order valence-corrected chi connectivity index (χ2v) is 8.63. The van der Waals surface area contributed by atoms with Gasteiger partial charge in [0.15, 0.2) is 9.84 Å². The molecule has 0 aromatic carbocycles. The number of aromatic nitrogens is 1. The minimum atomic E-state index is -2.91. The van der Waals surface area contributed by atoms with Gasteiger partial charge in [-0.2, -0.15) is 0 Å². The maximum atomic E-state index is 12.5. The van der Waals surface area contributed by atoms with E-state index in [-0.39, 0.29) is 23.5 Å². The molecule has 1 aromatic heterocycles. The summed E-state index contributed by atoms with van der Waals surface area (Å²) in [5, 5.41) is 3.18. The number of likely N-dealkylation sites (N-methyl/N-ethyl adjacent to an activating group) is 1. The van der Waals surface area contributed by atoms with E-state index in [4.69, 9.17) is 0 Å². The molecule has 2 saturated heterocycles. The highest BCUT2D eigenvalue weighted by atomic mass is 32.2. The Balaban J connectivity index is 1.57. The molecule has 0 saturated carbocycles. The maximum absolute atomic E-state index is 12.5. The molecule has 2 aliphatic heterocycles. The highest BCUT2D eigenvalue weighted by Gasteiger charge is 2.28. The molecule has 0 aliphatic carbocycles. The van der Waals surface area contributed by atoms with E-state index in [1.54, 1.807) is 18.3 Å². The number of amides is 1. The predicted molar refractivity (Wildman–Crippen MR) is 92.9 cm³/mol. The fourth-order valence-electron chi connectivity index (χ4n) is 3.18. The van der Waals surface area contributed by atoms with Gasteiger partial charge in [-0.25, -0.2) is 13.4 Å². The van der Waals surface area contributed by atoms with E-state index in [0.29, 0.717) is 12.1 Å². The Labute approximate surface area is 143 Å². The maximum Gasteiger partial charge on any atom is 0.272 e.